The minimum atomic E-state index is -0.482. The maximum Gasteiger partial charge on any atom is 0.251 e. The summed E-state index contributed by atoms with van der Waals surface area (Å²) in [5, 5.41) is 2.58. The van der Waals surface area contributed by atoms with Crippen LogP contribution in [0.4, 0.5) is 4.39 Å². The number of hydrogen-bond acceptors (Lipinski definition) is 3. The second-order valence-electron chi connectivity index (χ2n) is 6.16. The molecule has 1 unspecified atom stereocenters. The van der Waals surface area contributed by atoms with Crippen LogP contribution in [-0.2, 0) is 4.79 Å². The van der Waals surface area contributed by atoms with Crippen molar-refractivity contribution in [3.8, 4) is 0 Å². The number of furan rings is 1. The number of nitrogens with zero attached hydrogens (tertiary/aromatic N) is 1. The molecule has 1 aliphatic heterocycles. The van der Waals surface area contributed by atoms with Gasteiger partial charge in [-0.1, -0.05) is 18.9 Å². The Morgan fingerprint density at radius 2 is 2.08 bits per heavy atom. The molecule has 5 nitrogen and oxygen atoms in total. The third-order valence-corrected chi connectivity index (χ3v) is 4.43. The van der Waals surface area contributed by atoms with Gasteiger partial charge in [0.2, 0.25) is 5.91 Å². The molecule has 2 amide bonds. The Hall–Kier alpha value is -2.63. The predicted octanol–water partition coefficient (Wildman–Crippen LogP) is 3.29. The number of rotatable bonds is 4. The van der Waals surface area contributed by atoms with E-state index in [-0.39, 0.29) is 24.1 Å². The van der Waals surface area contributed by atoms with Gasteiger partial charge in [0.1, 0.15) is 11.6 Å². The quantitative estimate of drug-likeness (QED) is 0.926. The SMILES string of the molecule is O=C(NCC(=O)N1CCCCCC1c1ccco1)c1cccc(F)c1. The summed E-state index contributed by atoms with van der Waals surface area (Å²) >= 11 is 0. The summed E-state index contributed by atoms with van der Waals surface area (Å²) in [7, 11) is 0. The summed E-state index contributed by atoms with van der Waals surface area (Å²) in [6.07, 6.45) is 5.48. The normalized spacial score (nSPS) is 17.8. The highest BCUT2D eigenvalue weighted by atomic mass is 19.1. The van der Waals surface area contributed by atoms with Gasteiger partial charge in [0.05, 0.1) is 18.8 Å². The lowest BCUT2D eigenvalue weighted by Crippen LogP contribution is -2.42. The number of carbonyl (C=O) groups excluding carboxylic acids is 2. The van der Waals surface area contributed by atoms with Crippen LogP contribution in [0.5, 0.6) is 0 Å². The summed E-state index contributed by atoms with van der Waals surface area (Å²) in [5.74, 6) is -0.332. The highest BCUT2D eigenvalue weighted by molar-refractivity contribution is 5.96. The molecule has 1 aromatic heterocycles. The number of nitrogens with one attached hydrogen (secondary N) is 1. The van der Waals surface area contributed by atoms with Crippen molar-refractivity contribution in [2.75, 3.05) is 13.1 Å². The molecule has 1 atom stereocenters. The van der Waals surface area contributed by atoms with E-state index in [9.17, 15) is 14.0 Å². The zero-order chi connectivity index (χ0) is 17.6. The molecule has 0 saturated carbocycles. The van der Waals surface area contributed by atoms with E-state index in [1.165, 1.54) is 18.2 Å². The van der Waals surface area contributed by atoms with Gasteiger partial charge in [-0.25, -0.2) is 4.39 Å². The van der Waals surface area contributed by atoms with Gasteiger partial charge in [0.25, 0.3) is 5.91 Å². The lowest BCUT2D eigenvalue weighted by Gasteiger charge is -2.28. The van der Waals surface area contributed by atoms with E-state index in [1.54, 1.807) is 11.2 Å². The molecule has 2 aromatic rings. The number of halogens is 1. The highest BCUT2D eigenvalue weighted by Gasteiger charge is 2.28. The molecule has 1 N–H and O–H groups in total. The minimum Gasteiger partial charge on any atom is -0.467 e. The smallest absolute Gasteiger partial charge is 0.251 e. The van der Waals surface area contributed by atoms with E-state index in [2.05, 4.69) is 5.32 Å². The molecular weight excluding hydrogens is 323 g/mol. The number of likely N-dealkylation sites (tertiary alicyclic amines) is 1. The van der Waals surface area contributed by atoms with E-state index >= 15 is 0 Å². The summed E-state index contributed by atoms with van der Waals surface area (Å²) in [6, 6.07) is 8.99. The van der Waals surface area contributed by atoms with E-state index in [1.807, 2.05) is 12.1 Å². The third kappa shape index (κ3) is 4.26. The number of benzene rings is 1. The summed E-state index contributed by atoms with van der Waals surface area (Å²) in [4.78, 5) is 26.5. The van der Waals surface area contributed by atoms with Crippen LogP contribution < -0.4 is 5.32 Å². The molecule has 0 bridgehead atoms. The molecule has 1 aliphatic rings. The average Bonchev–Trinajstić information content (AvgIpc) is 3.03. The molecule has 25 heavy (non-hydrogen) atoms. The van der Waals surface area contributed by atoms with Gasteiger partial charge in [-0.3, -0.25) is 9.59 Å². The molecule has 0 spiro atoms. The van der Waals surface area contributed by atoms with Gasteiger partial charge in [0, 0.05) is 12.1 Å². The van der Waals surface area contributed by atoms with Crippen molar-refractivity contribution in [1.82, 2.24) is 10.2 Å². The number of carbonyl (C=O) groups is 2. The fourth-order valence-corrected chi connectivity index (χ4v) is 3.17. The Labute approximate surface area is 145 Å². The molecule has 2 heterocycles. The van der Waals surface area contributed by atoms with Crippen LogP contribution in [0.1, 0.15) is 47.8 Å². The molecule has 3 rings (SSSR count). The van der Waals surface area contributed by atoms with Crippen molar-refractivity contribution in [2.45, 2.75) is 31.7 Å². The van der Waals surface area contributed by atoms with Crippen LogP contribution in [-0.4, -0.2) is 29.8 Å². The first-order valence-corrected chi connectivity index (χ1v) is 8.52. The van der Waals surface area contributed by atoms with Crippen molar-refractivity contribution in [1.29, 1.82) is 0 Å². The van der Waals surface area contributed by atoms with Gasteiger partial charge in [-0.2, -0.15) is 0 Å². The maximum atomic E-state index is 13.2. The molecule has 1 saturated heterocycles. The van der Waals surface area contributed by atoms with Crippen LogP contribution in [0.25, 0.3) is 0 Å². The molecule has 0 aliphatic carbocycles. The fourth-order valence-electron chi connectivity index (χ4n) is 3.17. The summed E-state index contributed by atoms with van der Waals surface area (Å²) in [6.45, 7) is 0.520. The predicted molar refractivity (Wildman–Crippen MR) is 90.4 cm³/mol. The molecule has 0 radical (unpaired) electrons. The van der Waals surface area contributed by atoms with Crippen LogP contribution in [0.15, 0.2) is 47.1 Å². The minimum absolute atomic E-state index is 0.101. The van der Waals surface area contributed by atoms with Crippen molar-refractivity contribution >= 4 is 11.8 Å². The maximum absolute atomic E-state index is 13.2. The zero-order valence-corrected chi connectivity index (χ0v) is 13.9. The highest BCUT2D eigenvalue weighted by Crippen LogP contribution is 2.30. The Bertz CT molecular complexity index is 730. The van der Waals surface area contributed by atoms with Crippen LogP contribution in [0.2, 0.25) is 0 Å². The monoisotopic (exact) mass is 344 g/mol. The van der Waals surface area contributed by atoms with Crippen molar-refractivity contribution in [3.05, 3.63) is 59.8 Å². The topological polar surface area (TPSA) is 62.6 Å². The first kappa shape index (κ1) is 17.2. The van der Waals surface area contributed by atoms with E-state index < -0.39 is 11.7 Å². The lowest BCUT2D eigenvalue weighted by molar-refractivity contribution is -0.132. The second kappa shape index (κ2) is 7.96. The molecule has 6 heteroatoms. The number of amides is 2. The van der Waals surface area contributed by atoms with Crippen LogP contribution >= 0.6 is 0 Å². The van der Waals surface area contributed by atoms with Crippen molar-refractivity contribution in [2.24, 2.45) is 0 Å². The first-order chi connectivity index (χ1) is 12.1. The third-order valence-electron chi connectivity index (χ3n) is 4.43. The van der Waals surface area contributed by atoms with Crippen LogP contribution in [0.3, 0.4) is 0 Å². The van der Waals surface area contributed by atoms with Gasteiger partial charge in [0.15, 0.2) is 0 Å². The Morgan fingerprint density at radius 3 is 2.84 bits per heavy atom. The molecule has 132 valence electrons. The van der Waals surface area contributed by atoms with Gasteiger partial charge < -0.3 is 14.6 Å². The average molecular weight is 344 g/mol. The largest absolute Gasteiger partial charge is 0.467 e. The zero-order valence-electron chi connectivity index (χ0n) is 13.9. The van der Waals surface area contributed by atoms with E-state index in [0.717, 1.165) is 37.5 Å². The Morgan fingerprint density at radius 1 is 1.20 bits per heavy atom. The van der Waals surface area contributed by atoms with Gasteiger partial charge in [-0.05, 0) is 43.2 Å². The lowest BCUT2D eigenvalue weighted by atomic mass is 10.1. The van der Waals surface area contributed by atoms with E-state index in [4.69, 9.17) is 4.42 Å². The molecular formula is C19H21FN2O3. The fraction of sp³-hybridized carbons (Fsp3) is 0.368. The number of hydrogen-bond donors (Lipinski definition) is 1. The summed E-state index contributed by atoms with van der Waals surface area (Å²) < 4.78 is 18.7. The molecule has 1 aromatic carbocycles. The van der Waals surface area contributed by atoms with Gasteiger partial charge >= 0.3 is 0 Å². The second-order valence-corrected chi connectivity index (χ2v) is 6.16. The first-order valence-electron chi connectivity index (χ1n) is 8.52. The van der Waals surface area contributed by atoms with Crippen molar-refractivity contribution < 1.29 is 18.4 Å². The van der Waals surface area contributed by atoms with Crippen LogP contribution in [0, 0.1) is 5.82 Å². The standard InChI is InChI=1S/C19H21FN2O3/c20-15-7-4-6-14(12-15)19(24)21-13-18(23)22-10-3-1-2-8-16(22)17-9-5-11-25-17/h4-7,9,11-12,16H,1-3,8,10,13H2,(H,21,24). The Kier molecular flexibility index (Phi) is 5.48. The Balaban J connectivity index is 1.65. The van der Waals surface area contributed by atoms with Crippen molar-refractivity contribution in [3.63, 3.8) is 0 Å². The summed E-state index contributed by atoms with van der Waals surface area (Å²) in [5.41, 5.74) is 0.200. The van der Waals surface area contributed by atoms with E-state index in [0.29, 0.717) is 6.54 Å². The van der Waals surface area contributed by atoms with Gasteiger partial charge in [-0.15, -0.1) is 0 Å². The molecule has 1 fully saturated rings.